The molecule has 1 amide bonds. The maximum atomic E-state index is 12.7. The van der Waals surface area contributed by atoms with Crippen molar-refractivity contribution in [3.05, 3.63) is 0 Å². The van der Waals surface area contributed by atoms with Gasteiger partial charge in [0.25, 0.3) is 0 Å². The van der Waals surface area contributed by atoms with Crippen LogP contribution in [0.3, 0.4) is 0 Å². The topological polar surface area (TPSA) is 66.8 Å². The fraction of sp³-hybridized carbons (Fsp3) is 0.882. The lowest BCUT2D eigenvalue weighted by Crippen LogP contribution is -2.46. The smallest absolute Gasteiger partial charge is 0.326 e. The van der Waals surface area contributed by atoms with E-state index in [2.05, 4.69) is 0 Å². The Bertz CT molecular complexity index is 419. The third-order valence-corrected chi connectivity index (χ3v) is 5.77. The quantitative estimate of drug-likeness (QED) is 0.866. The highest BCUT2D eigenvalue weighted by Crippen LogP contribution is 2.40. The first-order chi connectivity index (χ1) is 10.7. The van der Waals surface area contributed by atoms with Crippen LogP contribution in [0.15, 0.2) is 0 Å². The lowest BCUT2D eigenvalue weighted by molar-refractivity contribution is -0.150. The van der Waals surface area contributed by atoms with Gasteiger partial charge in [-0.1, -0.05) is 12.8 Å². The molecule has 2 heterocycles. The van der Waals surface area contributed by atoms with Crippen molar-refractivity contribution in [3.63, 3.8) is 0 Å². The molecule has 3 fully saturated rings. The summed E-state index contributed by atoms with van der Waals surface area (Å²) in [5.74, 6) is 0.203. The summed E-state index contributed by atoms with van der Waals surface area (Å²) in [5.41, 5.74) is 0. The van der Waals surface area contributed by atoms with Gasteiger partial charge in [-0.3, -0.25) is 4.79 Å². The fourth-order valence-electron chi connectivity index (χ4n) is 4.53. The van der Waals surface area contributed by atoms with E-state index >= 15 is 0 Å². The van der Waals surface area contributed by atoms with Crippen molar-refractivity contribution < 1.29 is 19.4 Å². The zero-order valence-electron chi connectivity index (χ0n) is 13.2. The first kappa shape index (κ1) is 15.8. The van der Waals surface area contributed by atoms with Gasteiger partial charge in [0, 0.05) is 25.7 Å². The summed E-state index contributed by atoms with van der Waals surface area (Å²) < 4.78 is 5.35. The van der Waals surface area contributed by atoms with Gasteiger partial charge in [-0.25, -0.2) is 4.79 Å². The van der Waals surface area contributed by atoms with Crippen LogP contribution in [0.2, 0.25) is 0 Å². The van der Waals surface area contributed by atoms with Crippen molar-refractivity contribution in [1.82, 2.24) is 4.90 Å². The lowest BCUT2D eigenvalue weighted by Gasteiger charge is -2.33. The predicted molar refractivity (Wildman–Crippen MR) is 81.4 cm³/mol. The average molecular weight is 309 g/mol. The molecule has 3 rings (SSSR count). The van der Waals surface area contributed by atoms with Crippen LogP contribution in [0.25, 0.3) is 0 Å². The van der Waals surface area contributed by atoms with Crippen molar-refractivity contribution >= 4 is 11.9 Å². The molecule has 2 aliphatic heterocycles. The Balaban J connectivity index is 1.61. The van der Waals surface area contributed by atoms with E-state index in [1.54, 1.807) is 4.90 Å². The Morgan fingerprint density at radius 2 is 1.82 bits per heavy atom. The minimum atomic E-state index is -0.825. The van der Waals surface area contributed by atoms with Gasteiger partial charge in [-0.2, -0.15) is 0 Å². The molecule has 0 aromatic heterocycles. The monoisotopic (exact) mass is 309 g/mol. The summed E-state index contributed by atoms with van der Waals surface area (Å²) in [6, 6.07) is -0.410. The number of carboxylic acid groups (broad SMARTS) is 1. The van der Waals surface area contributed by atoms with Crippen molar-refractivity contribution in [2.24, 2.45) is 11.8 Å². The molecule has 0 bridgehead atoms. The van der Waals surface area contributed by atoms with Gasteiger partial charge in [0.2, 0.25) is 5.91 Å². The van der Waals surface area contributed by atoms with Crippen LogP contribution in [0.4, 0.5) is 0 Å². The molecule has 1 aliphatic carbocycles. The Hall–Kier alpha value is -1.10. The molecule has 0 aromatic rings. The summed E-state index contributed by atoms with van der Waals surface area (Å²) in [5, 5.41) is 9.49. The van der Waals surface area contributed by atoms with Crippen LogP contribution in [0, 0.1) is 11.8 Å². The van der Waals surface area contributed by atoms with E-state index in [9.17, 15) is 14.7 Å². The van der Waals surface area contributed by atoms with Gasteiger partial charge < -0.3 is 14.7 Å². The highest BCUT2D eigenvalue weighted by Gasteiger charge is 2.47. The van der Waals surface area contributed by atoms with Crippen LogP contribution < -0.4 is 0 Å². The molecular formula is C17H27NO4. The molecule has 3 aliphatic rings. The van der Waals surface area contributed by atoms with Crippen LogP contribution in [-0.4, -0.2) is 47.2 Å². The molecule has 5 nitrogen and oxygen atoms in total. The van der Waals surface area contributed by atoms with E-state index in [1.165, 1.54) is 6.42 Å². The number of likely N-dealkylation sites (tertiary alicyclic amines) is 1. The van der Waals surface area contributed by atoms with E-state index in [-0.39, 0.29) is 11.9 Å². The molecule has 3 unspecified atom stereocenters. The second kappa shape index (κ2) is 6.99. The van der Waals surface area contributed by atoms with Crippen LogP contribution >= 0.6 is 0 Å². The lowest BCUT2D eigenvalue weighted by atomic mass is 9.84. The van der Waals surface area contributed by atoms with Crippen LogP contribution in [0.1, 0.15) is 57.8 Å². The summed E-state index contributed by atoms with van der Waals surface area (Å²) in [4.78, 5) is 26.0. The minimum Gasteiger partial charge on any atom is -0.480 e. The molecule has 0 aromatic carbocycles. The molecule has 0 radical (unpaired) electrons. The Labute approximate surface area is 132 Å². The Kier molecular flexibility index (Phi) is 5.01. The minimum absolute atomic E-state index is 0.0632. The van der Waals surface area contributed by atoms with Crippen molar-refractivity contribution in [2.45, 2.75) is 69.9 Å². The number of rotatable bonds is 4. The number of ether oxygens (including phenoxy) is 1. The summed E-state index contributed by atoms with van der Waals surface area (Å²) in [6.45, 7) is 1.59. The van der Waals surface area contributed by atoms with Gasteiger partial charge >= 0.3 is 5.97 Å². The number of hydrogen-bond donors (Lipinski definition) is 1. The zero-order valence-corrected chi connectivity index (χ0v) is 13.2. The Morgan fingerprint density at radius 1 is 1.09 bits per heavy atom. The molecule has 3 atom stereocenters. The number of hydrogen-bond acceptors (Lipinski definition) is 3. The Morgan fingerprint density at radius 3 is 2.55 bits per heavy atom. The average Bonchev–Trinajstić information content (AvgIpc) is 2.93. The maximum Gasteiger partial charge on any atom is 0.326 e. The molecule has 0 spiro atoms. The SMILES string of the molecule is O=C(O)C1CC2CCCCC2N1C(=O)CCC1CCOCC1. The first-order valence-corrected chi connectivity index (χ1v) is 8.78. The second-order valence-electron chi connectivity index (χ2n) is 7.10. The molecule has 2 saturated heterocycles. The number of fused-ring (bicyclic) bond motifs is 1. The number of carboxylic acids is 1. The highest BCUT2D eigenvalue weighted by atomic mass is 16.5. The third kappa shape index (κ3) is 3.29. The fourth-order valence-corrected chi connectivity index (χ4v) is 4.53. The van der Waals surface area contributed by atoms with E-state index in [0.717, 1.165) is 51.7 Å². The summed E-state index contributed by atoms with van der Waals surface area (Å²) in [6.07, 6.45) is 8.46. The maximum absolute atomic E-state index is 12.7. The predicted octanol–water partition coefficient (Wildman–Crippen LogP) is 2.44. The van der Waals surface area contributed by atoms with Crippen molar-refractivity contribution in [3.8, 4) is 0 Å². The number of amides is 1. The number of carbonyl (C=O) groups is 2. The zero-order chi connectivity index (χ0) is 15.5. The normalized spacial score (nSPS) is 32.7. The summed E-state index contributed by atoms with van der Waals surface area (Å²) in [7, 11) is 0. The third-order valence-electron chi connectivity index (χ3n) is 5.77. The van der Waals surface area contributed by atoms with E-state index < -0.39 is 12.0 Å². The molecular weight excluding hydrogens is 282 g/mol. The van der Waals surface area contributed by atoms with Gasteiger partial charge in [0.1, 0.15) is 6.04 Å². The molecule has 22 heavy (non-hydrogen) atoms. The largest absolute Gasteiger partial charge is 0.480 e. The molecule has 1 saturated carbocycles. The second-order valence-corrected chi connectivity index (χ2v) is 7.10. The molecule has 5 heteroatoms. The van der Waals surface area contributed by atoms with Crippen molar-refractivity contribution in [2.75, 3.05) is 13.2 Å². The van der Waals surface area contributed by atoms with Gasteiger partial charge in [0.05, 0.1) is 0 Å². The van der Waals surface area contributed by atoms with E-state index in [4.69, 9.17) is 4.74 Å². The van der Waals surface area contributed by atoms with Crippen LogP contribution in [0.5, 0.6) is 0 Å². The highest BCUT2D eigenvalue weighted by molar-refractivity contribution is 5.84. The van der Waals surface area contributed by atoms with E-state index in [0.29, 0.717) is 24.7 Å². The summed E-state index contributed by atoms with van der Waals surface area (Å²) >= 11 is 0. The van der Waals surface area contributed by atoms with Gasteiger partial charge in [-0.15, -0.1) is 0 Å². The molecule has 124 valence electrons. The van der Waals surface area contributed by atoms with Crippen molar-refractivity contribution in [1.29, 1.82) is 0 Å². The van der Waals surface area contributed by atoms with Crippen LogP contribution in [-0.2, 0) is 14.3 Å². The van der Waals surface area contributed by atoms with E-state index in [1.807, 2.05) is 0 Å². The number of carbonyl (C=O) groups excluding carboxylic acids is 1. The standard InChI is InChI=1S/C17H27NO4/c19-16(6-5-12-7-9-22-10-8-12)18-14-4-2-1-3-13(14)11-15(18)17(20)21/h12-15H,1-11H2,(H,20,21). The molecule has 1 N–H and O–H groups in total. The number of aliphatic carboxylic acids is 1. The number of nitrogens with zero attached hydrogens (tertiary/aromatic N) is 1. The van der Waals surface area contributed by atoms with Gasteiger partial charge in [-0.05, 0) is 50.4 Å². The van der Waals surface area contributed by atoms with Gasteiger partial charge in [0.15, 0.2) is 0 Å². The first-order valence-electron chi connectivity index (χ1n) is 8.78.